The number of ether oxygens (including phenoxy) is 2. The van der Waals surface area contributed by atoms with Gasteiger partial charge in [0, 0.05) is 19.0 Å². The van der Waals surface area contributed by atoms with Crippen LogP contribution in [0.2, 0.25) is 10.3 Å². The van der Waals surface area contributed by atoms with Crippen molar-refractivity contribution in [2.24, 2.45) is 0 Å². The first-order valence-corrected chi connectivity index (χ1v) is 12.4. The van der Waals surface area contributed by atoms with E-state index in [1.165, 1.54) is 22.7 Å². The number of hydrogen-bond donors (Lipinski definition) is 1. The van der Waals surface area contributed by atoms with Gasteiger partial charge in [0.1, 0.15) is 28.3 Å². The molecule has 0 radical (unpaired) electrons. The largest absolute Gasteiger partial charge is 0.472 e. The standard InChI is InChI=1S/C22H30Cl2FN7O5/c1-12(27-18-14(23)10-26-20(24)28-18)7-9-36-19-17(32(34)35)13(2)31(29-19)16-6-8-30(11-15(16)25)21(33)37-22(3,4)5/h10,12,15-16H,6-9,11H2,1-5H3,(H,26,27,28). The van der Waals surface area contributed by atoms with Gasteiger partial charge in [0.05, 0.1) is 30.3 Å². The third-order valence-corrected chi connectivity index (χ3v) is 6.09. The number of aromatic nitrogens is 4. The van der Waals surface area contributed by atoms with Crippen molar-refractivity contribution in [2.75, 3.05) is 25.0 Å². The Bertz CT molecular complexity index is 1140. The zero-order valence-corrected chi connectivity index (χ0v) is 22.7. The molecule has 2 aromatic rings. The molecule has 204 valence electrons. The number of carbonyl (C=O) groups is 1. The molecule has 0 spiro atoms. The van der Waals surface area contributed by atoms with Crippen molar-refractivity contribution in [1.29, 1.82) is 0 Å². The molecule has 0 bridgehead atoms. The van der Waals surface area contributed by atoms with Crippen molar-refractivity contribution in [2.45, 2.75) is 71.3 Å². The van der Waals surface area contributed by atoms with E-state index in [0.29, 0.717) is 17.3 Å². The van der Waals surface area contributed by atoms with E-state index in [4.69, 9.17) is 32.7 Å². The summed E-state index contributed by atoms with van der Waals surface area (Å²) in [6, 6.07) is -0.974. The smallest absolute Gasteiger partial charge is 0.410 e. The second-order valence-electron chi connectivity index (χ2n) is 9.76. The number of rotatable bonds is 8. The van der Waals surface area contributed by atoms with Crippen molar-refractivity contribution in [3.8, 4) is 5.88 Å². The summed E-state index contributed by atoms with van der Waals surface area (Å²) in [4.78, 5) is 32.6. The minimum atomic E-state index is -1.50. The lowest BCUT2D eigenvalue weighted by Gasteiger charge is -2.35. The number of nitro groups is 1. The molecule has 1 aliphatic heterocycles. The van der Waals surface area contributed by atoms with Gasteiger partial charge in [-0.15, -0.1) is 5.10 Å². The lowest BCUT2D eigenvalue weighted by Crippen LogP contribution is -2.47. The molecule has 1 saturated heterocycles. The van der Waals surface area contributed by atoms with E-state index >= 15 is 4.39 Å². The van der Waals surface area contributed by atoms with Gasteiger partial charge in [-0.2, -0.15) is 4.98 Å². The van der Waals surface area contributed by atoms with Gasteiger partial charge >= 0.3 is 17.7 Å². The average molecular weight is 562 g/mol. The number of piperidine rings is 1. The van der Waals surface area contributed by atoms with Gasteiger partial charge in [-0.1, -0.05) is 11.6 Å². The van der Waals surface area contributed by atoms with Gasteiger partial charge in [-0.25, -0.2) is 14.2 Å². The van der Waals surface area contributed by atoms with Crippen molar-refractivity contribution < 1.29 is 23.6 Å². The molecule has 12 nitrogen and oxygen atoms in total. The first kappa shape index (κ1) is 28.6. The van der Waals surface area contributed by atoms with Crippen molar-refractivity contribution >= 4 is 40.8 Å². The molecule has 0 aliphatic carbocycles. The molecule has 0 saturated carbocycles. The van der Waals surface area contributed by atoms with Crippen LogP contribution in [0.15, 0.2) is 6.20 Å². The molecule has 0 aromatic carbocycles. The van der Waals surface area contributed by atoms with Crippen LogP contribution in [0.1, 0.15) is 52.3 Å². The van der Waals surface area contributed by atoms with Crippen molar-refractivity contribution in [1.82, 2.24) is 24.6 Å². The predicted octanol–water partition coefficient (Wildman–Crippen LogP) is 4.99. The maximum Gasteiger partial charge on any atom is 0.410 e. The topological polar surface area (TPSA) is 138 Å². The molecule has 37 heavy (non-hydrogen) atoms. The number of alkyl halides is 1. The van der Waals surface area contributed by atoms with Gasteiger partial charge in [0.15, 0.2) is 0 Å². The van der Waals surface area contributed by atoms with E-state index in [0.717, 1.165) is 0 Å². The molecule has 3 rings (SSSR count). The number of carbonyl (C=O) groups excluding carboxylic acids is 1. The summed E-state index contributed by atoms with van der Waals surface area (Å²) in [5.74, 6) is 0.159. The number of hydrogen-bond acceptors (Lipinski definition) is 9. The molecule has 1 N–H and O–H groups in total. The number of nitrogens with zero attached hydrogens (tertiary/aromatic N) is 6. The highest BCUT2D eigenvalue weighted by Gasteiger charge is 2.38. The Morgan fingerprint density at radius 2 is 2.11 bits per heavy atom. The van der Waals surface area contributed by atoms with Crippen LogP contribution in [0.5, 0.6) is 5.88 Å². The monoisotopic (exact) mass is 561 g/mol. The van der Waals surface area contributed by atoms with Crippen LogP contribution in [-0.4, -0.2) is 73.2 Å². The SMILES string of the molecule is Cc1c([N+](=O)[O-])c(OCCC(C)Nc2nc(Cl)ncc2Cl)nn1C1CCN(C(=O)OC(C)(C)C)CC1F. The molecule has 3 atom stereocenters. The summed E-state index contributed by atoms with van der Waals surface area (Å²) < 4.78 is 27.4. The Morgan fingerprint density at radius 3 is 2.73 bits per heavy atom. The lowest BCUT2D eigenvalue weighted by molar-refractivity contribution is -0.386. The van der Waals surface area contributed by atoms with Crippen LogP contribution in [-0.2, 0) is 4.74 Å². The highest BCUT2D eigenvalue weighted by Crippen LogP contribution is 2.35. The minimum absolute atomic E-state index is 0.0371. The number of nitrogens with one attached hydrogen (secondary N) is 1. The third kappa shape index (κ3) is 7.31. The quantitative estimate of drug-likeness (QED) is 0.268. The lowest BCUT2D eigenvalue weighted by atomic mass is 10.0. The fourth-order valence-corrected chi connectivity index (χ4v) is 4.14. The maximum absolute atomic E-state index is 15.2. The second kappa shape index (κ2) is 11.6. The average Bonchev–Trinajstić information content (AvgIpc) is 3.11. The highest BCUT2D eigenvalue weighted by molar-refractivity contribution is 6.33. The van der Waals surface area contributed by atoms with E-state index in [2.05, 4.69) is 20.4 Å². The van der Waals surface area contributed by atoms with Crippen LogP contribution in [0.25, 0.3) is 0 Å². The van der Waals surface area contributed by atoms with Gasteiger partial charge in [0.25, 0.3) is 0 Å². The van der Waals surface area contributed by atoms with Gasteiger partial charge in [-0.05, 0) is 52.6 Å². The fraction of sp³-hybridized carbons (Fsp3) is 0.636. The Morgan fingerprint density at radius 1 is 1.41 bits per heavy atom. The van der Waals surface area contributed by atoms with Crippen molar-refractivity contribution in [3.63, 3.8) is 0 Å². The molecule has 3 heterocycles. The minimum Gasteiger partial charge on any atom is -0.472 e. The normalized spacial score (nSPS) is 18.9. The van der Waals surface area contributed by atoms with Gasteiger partial charge in [-0.3, -0.25) is 14.8 Å². The van der Waals surface area contributed by atoms with Crippen molar-refractivity contribution in [3.05, 3.63) is 32.3 Å². The van der Waals surface area contributed by atoms with E-state index < -0.39 is 28.8 Å². The maximum atomic E-state index is 15.2. The van der Waals surface area contributed by atoms with Crippen LogP contribution in [0, 0.1) is 17.0 Å². The summed E-state index contributed by atoms with van der Waals surface area (Å²) >= 11 is 11.9. The van der Waals surface area contributed by atoms with Gasteiger partial charge < -0.3 is 19.7 Å². The fourth-order valence-electron chi connectivity index (χ4n) is 3.86. The molecule has 1 amide bonds. The third-order valence-electron chi connectivity index (χ3n) is 5.63. The Hall–Kier alpha value is -2.93. The molecule has 1 aliphatic rings. The molecule has 15 heteroatoms. The Kier molecular flexibility index (Phi) is 9.00. The first-order valence-electron chi connectivity index (χ1n) is 11.7. The molecular weight excluding hydrogens is 532 g/mol. The molecule has 1 fully saturated rings. The summed E-state index contributed by atoms with van der Waals surface area (Å²) in [6.45, 7) is 8.64. The summed E-state index contributed by atoms with van der Waals surface area (Å²) in [6.07, 6.45) is -0.101. The van der Waals surface area contributed by atoms with E-state index in [-0.39, 0.29) is 54.7 Å². The van der Waals surface area contributed by atoms with Crippen LogP contribution >= 0.6 is 23.2 Å². The number of amides is 1. The summed E-state index contributed by atoms with van der Waals surface area (Å²) in [7, 11) is 0. The van der Waals surface area contributed by atoms with Gasteiger partial charge in [0.2, 0.25) is 5.28 Å². The van der Waals surface area contributed by atoms with E-state index in [1.54, 1.807) is 20.8 Å². The molecule has 2 aromatic heterocycles. The van der Waals surface area contributed by atoms with Crippen LogP contribution in [0.3, 0.4) is 0 Å². The number of anilines is 1. The summed E-state index contributed by atoms with van der Waals surface area (Å²) in [5, 5.41) is 19.4. The molecular formula is C22H30Cl2FN7O5. The highest BCUT2D eigenvalue weighted by atomic mass is 35.5. The number of likely N-dealkylation sites (tertiary alicyclic amines) is 1. The van der Waals surface area contributed by atoms with Crippen LogP contribution < -0.4 is 10.1 Å². The van der Waals surface area contributed by atoms with E-state index in [1.807, 2.05) is 6.92 Å². The Labute approximate surface area is 223 Å². The zero-order valence-electron chi connectivity index (χ0n) is 21.2. The predicted molar refractivity (Wildman–Crippen MR) is 135 cm³/mol. The first-order chi connectivity index (χ1) is 17.3. The van der Waals surface area contributed by atoms with E-state index in [9.17, 15) is 14.9 Å². The van der Waals surface area contributed by atoms with Crippen LogP contribution in [0.4, 0.5) is 20.7 Å². The molecule has 3 unspecified atom stereocenters. The Balaban J connectivity index is 1.66. The number of halogens is 3. The zero-order chi connectivity index (χ0) is 27.5. The summed E-state index contributed by atoms with van der Waals surface area (Å²) in [5.41, 5.74) is -0.855. The second-order valence-corrected chi connectivity index (χ2v) is 10.5.